The van der Waals surface area contributed by atoms with E-state index in [0.29, 0.717) is 6.61 Å². The smallest absolute Gasteiger partial charge is 0.111 e. The Balaban J connectivity index is 2.44. The summed E-state index contributed by atoms with van der Waals surface area (Å²) in [6.45, 7) is 3.92. The SMILES string of the molecule is CC(C)(C[O])OCc1ccccc1. The molecule has 0 unspecified atom stereocenters. The van der Waals surface area contributed by atoms with E-state index in [4.69, 9.17) is 4.74 Å². The van der Waals surface area contributed by atoms with Gasteiger partial charge in [0.05, 0.1) is 12.2 Å². The first-order chi connectivity index (χ1) is 6.14. The van der Waals surface area contributed by atoms with Gasteiger partial charge in [-0.15, -0.1) is 0 Å². The molecule has 0 bridgehead atoms. The van der Waals surface area contributed by atoms with Gasteiger partial charge in [0.15, 0.2) is 0 Å². The van der Waals surface area contributed by atoms with E-state index in [-0.39, 0.29) is 6.61 Å². The molecule has 1 rings (SSSR count). The van der Waals surface area contributed by atoms with Crippen molar-refractivity contribution in [2.24, 2.45) is 0 Å². The van der Waals surface area contributed by atoms with Crippen LogP contribution in [0.15, 0.2) is 30.3 Å². The Morgan fingerprint density at radius 1 is 1.23 bits per heavy atom. The summed E-state index contributed by atoms with van der Waals surface area (Å²) in [5.74, 6) is 0. The normalized spacial score (nSPS) is 11.6. The van der Waals surface area contributed by atoms with Crippen LogP contribution in [0.5, 0.6) is 0 Å². The number of rotatable bonds is 4. The number of hydrogen-bond donors (Lipinski definition) is 0. The second kappa shape index (κ2) is 4.40. The van der Waals surface area contributed by atoms with Gasteiger partial charge in [0.25, 0.3) is 0 Å². The molecule has 2 heteroatoms. The first kappa shape index (κ1) is 10.2. The van der Waals surface area contributed by atoms with Crippen LogP contribution in [0.1, 0.15) is 19.4 Å². The average molecular weight is 179 g/mol. The first-order valence-corrected chi connectivity index (χ1v) is 4.40. The topological polar surface area (TPSA) is 29.1 Å². The molecule has 71 valence electrons. The van der Waals surface area contributed by atoms with Gasteiger partial charge in [0.1, 0.15) is 6.61 Å². The standard InChI is InChI=1S/C11H15O2/c1-11(2,9-12)13-8-10-6-4-3-5-7-10/h3-7H,8-9H2,1-2H3. The third-order valence-corrected chi connectivity index (χ3v) is 1.82. The van der Waals surface area contributed by atoms with Crippen LogP contribution < -0.4 is 0 Å². The van der Waals surface area contributed by atoms with E-state index in [9.17, 15) is 5.11 Å². The highest BCUT2D eigenvalue weighted by atomic mass is 16.5. The third kappa shape index (κ3) is 3.57. The lowest BCUT2D eigenvalue weighted by molar-refractivity contribution is -0.0800. The molecule has 0 saturated carbocycles. The molecular weight excluding hydrogens is 164 g/mol. The lowest BCUT2D eigenvalue weighted by Gasteiger charge is -2.21. The molecule has 1 aromatic rings. The van der Waals surface area contributed by atoms with Crippen LogP contribution in [0.25, 0.3) is 0 Å². The summed E-state index contributed by atoms with van der Waals surface area (Å²) in [5.41, 5.74) is 0.541. The summed E-state index contributed by atoms with van der Waals surface area (Å²) in [6, 6.07) is 9.86. The van der Waals surface area contributed by atoms with Crippen molar-refractivity contribution in [1.82, 2.24) is 0 Å². The number of ether oxygens (including phenoxy) is 1. The van der Waals surface area contributed by atoms with Gasteiger partial charge in [0, 0.05) is 0 Å². The van der Waals surface area contributed by atoms with Crippen LogP contribution in [-0.2, 0) is 16.5 Å². The molecule has 1 radical (unpaired) electrons. The maximum atomic E-state index is 10.6. The minimum absolute atomic E-state index is 0.208. The second-order valence-electron chi connectivity index (χ2n) is 3.68. The summed E-state index contributed by atoms with van der Waals surface area (Å²) in [5, 5.41) is 10.6. The Morgan fingerprint density at radius 2 is 1.85 bits per heavy atom. The molecule has 0 aliphatic carbocycles. The predicted molar refractivity (Wildman–Crippen MR) is 50.9 cm³/mol. The fourth-order valence-electron chi connectivity index (χ4n) is 0.895. The number of benzene rings is 1. The zero-order valence-electron chi connectivity index (χ0n) is 8.12. The quantitative estimate of drug-likeness (QED) is 0.697. The monoisotopic (exact) mass is 179 g/mol. The lowest BCUT2D eigenvalue weighted by atomic mass is 10.1. The van der Waals surface area contributed by atoms with Crippen molar-refractivity contribution >= 4 is 0 Å². The predicted octanol–water partition coefficient (Wildman–Crippen LogP) is 2.41. The first-order valence-electron chi connectivity index (χ1n) is 4.40. The van der Waals surface area contributed by atoms with Crippen molar-refractivity contribution in [2.45, 2.75) is 26.1 Å². The fourth-order valence-corrected chi connectivity index (χ4v) is 0.895. The molecule has 0 N–H and O–H groups in total. The highest BCUT2D eigenvalue weighted by Gasteiger charge is 2.17. The Hall–Kier alpha value is -0.860. The molecule has 0 saturated heterocycles. The van der Waals surface area contributed by atoms with E-state index in [2.05, 4.69) is 0 Å². The van der Waals surface area contributed by atoms with E-state index < -0.39 is 5.60 Å². The second-order valence-corrected chi connectivity index (χ2v) is 3.68. The maximum Gasteiger partial charge on any atom is 0.111 e. The fraction of sp³-hybridized carbons (Fsp3) is 0.455. The van der Waals surface area contributed by atoms with Gasteiger partial charge in [-0.2, -0.15) is 0 Å². The van der Waals surface area contributed by atoms with Crippen molar-refractivity contribution in [3.8, 4) is 0 Å². The zero-order valence-corrected chi connectivity index (χ0v) is 8.12. The zero-order chi connectivity index (χ0) is 9.73. The van der Waals surface area contributed by atoms with Crippen LogP contribution in [0.2, 0.25) is 0 Å². The molecule has 0 fully saturated rings. The Labute approximate surface area is 79.2 Å². The lowest BCUT2D eigenvalue weighted by Crippen LogP contribution is -2.27. The molecule has 2 nitrogen and oxygen atoms in total. The molecule has 13 heavy (non-hydrogen) atoms. The molecule has 0 spiro atoms. The summed E-state index contributed by atoms with van der Waals surface area (Å²) in [4.78, 5) is 0. The van der Waals surface area contributed by atoms with E-state index in [1.54, 1.807) is 0 Å². The molecule has 0 aliphatic heterocycles. The van der Waals surface area contributed by atoms with Crippen molar-refractivity contribution < 1.29 is 9.84 Å². The van der Waals surface area contributed by atoms with E-state index in [0.717, 1.165) is 5.56 Å². The molecule has 0 aromatic heterocycles. The van der Waals surface area contributed by atoms with Crippen LogP contribution >= 0.6 is 0 Å². The van der Waals surface area contributed by atoms with Crippen molar-refractivity contribution in [1.29, 1.82) is 0 Å². The van der Waals surface area contributed by atoms with Crippen LogP contribution in [0, 0.1) is 0 Å². The van der Waals surface area contributed by atoms with Crippen LogP contribution in [0.3, 0.4) is 0 Å². The molecule has 0 aliphatic rings. The summed E-state index contributed by atoms with van der Waals surface area (Å²) >= 11 is 0. The van der Waals surface area contributed by atoms with Gasteiger partial charge < -0.3 is 4.74 Å². The minimum atomic E-state index is -0.560. The molecule has 0 amide bonds. The van der Waals surface area contributed by atoms with Crippen molar-refractivity contribution in [3.63, 3.8) is 0 Å². The van der Waals surface area contributed by atoms with Gasteiger partial charge in [0.2, 0.25) is 0 Å². The summed E-state index contributed by atoms with van der Waals surface area (Å²) in [7, 11) is 0. The highest BCUT2D eigenvalue weighted by molar-refractivity contribution is 5.13. The highest BCUT2D eigenvalue weighted by Crippen LogP contribution is 2.11. The van der Waals surface area contributed by atoms with Crippen molar-refractivity contribution in [2.75, 3.05) is 6.61 Å². The molecule has 1 aromatic carbocycles. The molecular formula is C11H15O2. The van der Waals surface area contributed by atoms with Gasteiger partial charge in [-0.25, -0.2) is 5.11 Å². The van der Waals surface area contributed by atoms with E-state index in [1.165, 1.54) is 0 Å². The van der Waals surface area contributed by atoms with Gasteiger partial charge in [-0.1, -0.05) is 30.3 Å². The van der Waals surface area contributed by atoms with Gasteiger partial charge in [-0.05, 0) is 19.4 Å². The van der Waals surface area contributed by atoms with Gasteiger partial charge >= 0.3 is 0 Å². The van der Waals surface area contributed by atoms with Crippen molar-refractivity contribution in [3.05, 3.63) is 35.9 Å². The Morgan fingerprint density at radius 3 is 2.38 bits per heavy atom. The molecule has 0 atom stereocenters. The van der Waals surface area contributed by atoms with Gasteiger partial charge in [-0.3, -0.25) is 0 Å². The maximum absolute atomic E-state index is 10.6. The Kier molecular flexibility index (Phi) is 3.46. The molecule has 0 heterocycles. The summed E-state index contributed by atoms with van der Waals surface area (Å²) in [6.07, 6.45) is 0. The Bertz CT molecular complexity index is 242. The minimum Gasteiger partial charge on any atom is -0.368 e. The number of hydrogen-bond acceptors (Lipinski definition) is 1. The summed E-state index contributed by atoms with van der Waals surface area (Å²) < 4.78 is 5.45. The largest absolute Gasteiger partial charge is 0.368 e. The third-order valence-electron chi connectivity index (χ3n) is 1.82. The van der Waals surface area contributed by atoms with E-state index in [1.807, 2.05) is 44.2 Å². The van der Waals surface area contributed by atoms with Crippen LogP contribution in [-0.4, -0.2) is 12.2 Å². The van der Waals surface area contributed by atoms with E-state index >= 15 is 0 Å². The van der Waals surface area contributed by atoms with Crippen LogP contribution in [0.4, 0.5) is 0 Å². The average Bonchev–Trinajstić information content (AvgIpc) is 2.17.